The molecule has 0 unspecified atom stereocenters. The number of hydrogen-bond acceptors (Lipinski definition) is 4. The van der Waals surface area contributed by atoms with Gasteiger partial charge in [0, 0.05) is 19.2 Å². The highest BCUT2D eigenvalue weighted by Crippen LogP contribution is 2.33. The molecular formula is C15H23NO4S. The number of ether oxygens (including phenoxy) is 2. The number of piperidine rings is 1. The predicted octanol–water partition coefficient (Wildman–Crippen LogP) is 2.37. The zero-order chi connectivity index (χ0) is 15.6. The summed E-state index contributed by atoms with van der Waals surface area (Å²) in [6, 6.07) is 4.80. The highest BCUT2D eigenvalue weighted by Gasteiger charge is 2.33. The van der Waals surface area contributed by atoms with Crippen molar-refractivity contribution in [3.8, 4) is 11.5 Å². The molecule has 1 aromatic carbocycles. The molecule has 0 amide bonds. The van der Waals surface area contributed by atoms with Crippen LogP contribution < -0.4 is 9.47 Å². The van der Waals surface area contributed by atoms with Crippen molar-refractivity contribution in [1.29, 1.82) is 0 Å². The average molecular weight is 313 g/mol. The lowest BCUT2D eigenvalue weighted by Gasteiger charge is -2.34. The summed E-state index contributed by atoms with van der Waals surface area (Å²) in [5, 5.41) is 0. The van der Waals surface area contributed by atoms with Crippen molar-refractivity contribution in [3.05, 3.63) is 18.2 Å². The molecule has 118 valence electrons. The van der Waals surface area contributed by atoms with Crippen LogP contribution in [0, 0.1) is 11.8 Å². The van der Waals surface area contributed by atoms with Crippen LogP contribution in [-0.2, 0) is 10.0 Å². The van der Waals surface area contributed by atoms with Gasteiger partial charge in [-0.15, -0.1) is 0 Å². The van der Waals surface area contributed by atoms with Gasteiger partial charge in [0.15, 0.2) is 0 Å². The van der Waals surface area contributed by atoms with E-state index in [0.717, 1.165) is 6.42 Å². The van der Waals surface area contributed by atoms with Crippen molar-refractivity contribution < 1.29 is 17.9 Å². The van der Waals surface area contributed by atoms with E-state index in [1.165, 1.54) is 14.2 Å². The van der Waals surface area contributed by atoms with Crippen LogP contribution in [0.4, 0.5) is 0 Å². The normalized spacial score (nSPS) is 23.8. The standard InChI is InChI=1S/C15H23NO4S/c1-11-7-12(2)10-16(9-11)21(17,18)15-6-5-13(19-3)8-14(15)20-4/h5-6,8,11-12H,7,9-10H2,1-4H3/t11-,12-/m1/s1. The fourth-order valence-electron chi connectivity index (χ4n) is 2.93. The maximum Gasteiger partial charge on any atom is 0.246 e. The van der Waals surface area contributed by atoms with Crippen molar-refractivity contribution >= 4 is 10.0 Å². The van der Waals surface area contributed by atoms with Crippen molar-refractivity contribution in [3.63, 3.8) is 0 Å². The molecule has 0 radical (unpaired) electrons. The Labute approximate surface area is 126 Å². The third-order valence-electron chi connectivity index (χ3n) is 3.82. The highest BCUT2D eigenvalue weighted by atomic mass is 32.2. The smallest absolute Gasteiger partial charge is 0.246 e. The number of sulfonamides is 1. The molecule has 21 heavy (non-hydrogen) atoms. The second kappa shape index (κ2) is 6.23. The Morgan fingerprint density at radius 2 is 1.71 bits per heavy atom. The van der Waals surface area contributed by atoms with Gasteiger partial charge in [-0.25, -0.2) is 8.42 Å². The van der Waals surface area contributed by atoms with Crippen molar-refractivity contribution in [1.82, 2.24) is 4.31 Å². The second-order valence-electron chi connectivity index (χ2n) is 5.78. The summed E-state index contributed by atoms with van der Waals surface area (Å²) < 4.78 is 37.6. The van der Waals surface area contributed by atoms with Gasteiger partial charge in [0.25, 0.3) is 0 Å². The molecule has 5 nitrogen and oxygen atoms in total. The third-order valence-corrected chi connectivity index (χ3v) is 5.70. The predicted molar refractivity (Wildman–Crippen MR) is 81.2 cm³/mol. The second-order valence-corrected chi connectivity index (χ2v) is 7.69. The van der Waals surface area contributed by atoms with Gasteiger partial charge in [0.05, 0.1) is 14.2 Å². The highest BCUT2D eigenvalue weighted by molar-refractivity contribution is 7.89. The van der Waals surface area contributed by atoms with Crippen LogP contribution in [-0.4, -0.2) is 40.0 Å². The summed E-state index contributed by atoms with van der Waals surface area (Å²) in [4.78, 5) is 0.201. The van der Waals surface area contributed by atoms with Crippen LogP contribution in [0.15, 0.2) is 23.1 Å². The SMILES string of the molecule is COc1ccc(S(=O)(=O)N2C[C@H](C)C[C@@H](C)C2)c(OC)c1. The first kappa shape index (κ1) is 16.1. The van der Waals surface area contributed by atoms with Crippen LogP contribution in [0.2, 0.25) is 0 Å². The lowest BCUT2D eigenvalue weighted by molar-refractivity contribution is 0.222. The summed E-state index contributed by atoms with van der Waals surface area (Å²) in [5.74, 6) is 1.63. The molecular weight excluding hydrogens is 290 g/mol. The minimum absolute atomic E-state index is 0.201. The number of hydrogen-bond donors (Lipinski definition) is 0. The molecule has 0 aromatic heterocycles. The maximum atomic E-state index is 12.9. The molecule has 0 N–H and O–H groups in total. The molecule has 2 rings (SSSR count). The van der Waals surface area contributed by atoms with Crippen LogP contribution in [0.25, 0.3) is 0 Å². The molecule has 0 saturated carbocycles. The van der Waals surface area contributed by atoms with Gasteiger partial charge >= 0.3 is 0 Å². The van der Waals surface area contributed by atoms with E-state index in [-0.39, 0.29) is 4.90 Å². The van der Waals surface area contributed by atoms with Crippen LogP contribution in [0.5, 0.6) is 11.5 Å². The molecule has 1 aromatic rings. The van der Waals surface area contributed by atoms with E-state index in [1.54, 1.807) is 22.5 Å². The van der Waals surface area contributed by atoms with E-state index < -0.39 is 10.0 Å². The summed E-state index contributed by atoms with van der Waals surface area (Å²) in [6.45, 7) is 5.29. The third kappa shape index (κ3) is 3.32. The zero-order valence-corrected chi connectivity index (χ0v) is 13.8. The van der Waals surface area contributed by atoms with Gasteiger partial charge in [-0.1, -0.05) is 13.8 Å². The van der Waals surface area contributed by atoms with Gasteiger partial charge in [0.1, 0.15) is 16.4 Å². The van der Waals surface area contributed by atoms with Gasteiger partial charge in [-0.2, -0.15) is 4.31 Å². The Balaban J connectivity index is 2.39. The van der Waals surface area contributed by atoms with E-state index in [0.29, 0.717) is 36.4 Å². The van der Waals surface area contributed by atoms with E-state index in [1.807, 2.05) is 0 Å². The van der Waals surface area contributed by atoms with E-state index in [2.05, 4.69) is 13.8 Å². The average Bonchev–Trinajstić information content (AvgIpc) is 2.45. The number of rotatable bonds is 4. The number of benzene rings is 1. The van der Waals surface area contributed by atoms with Crippen molar-refractivity contribution in [2.45, 2.75) is 25.2 Å². The quantitative estimate of drug-likeness (QED) is 0.856. The minimum Gasteiger partial charge on any atom is -0.497 e. The van der Waals surface area contributed by atoms with Crippen LogP contribution in [0.1, 0.15) is 20.3 Å². The minimum atomic E-state index is -3.54. The zero-order valence-electron chi connectivity index (χ0n) is 13.0. The molecule has 1 fully saturated rings. The fourth-order valence-corrected chi connectivity index (χ4v) is 4.75. The molecule has 0 aliphatic carbocycles. The summed E-state index contributed by atoms with van der Waals surface area (Å²) >= 11 is 0. The molecule has 1 saturated heterocycles. The monoisotopic (exact) mass is 313 g/mol. The molecule has 1 aliphatic heterocycles. The summed E-state index contributed by atoms with van der Waals surface area (Å²) in [5.41, 5.74) is 0. The first-order valence-electron chi connectivity index (χ1n) is 7.10. The fraction of sp³-hybridized carbons (Fsp3) is 0.600. The first-order valence-corrected chi connectivity index (χ1v) is 8.54. The molecule has 0 bridgehead atoms. The molecule has 2 atom stereocenters. The Bertz CT molecular complexity index is 590. The van der Waals surface area contributed by atoms with E-state index in [9.17, 15) is 8.42 Å². The topological polar surface area (TPSA) is 55.8 Å². The van der Waals surface area contributed by atoms with Crippen molar-refractivity contribution in [2.75, 3.05) is 27.3 Å². The van der Waals surface area contributed by atoms with Gasteiger partial charge in [-0.05, 0) is 30.4 Å². The number of methoxy groups -OCH3 is 2. The lowest BCUT2D eigenvalue weighted by atomic mass is 9.94. The Morgan fingerprint density at radius 1 is 1.10 bits per heavy atom. The Morgan fingerprint density at radius 3 is 2.24 bits per heavy atom. The first-order chi connectivity index (χ1) is 9.88. The van der Waals surface area contributed by atoms with Crippen LogP contribution >= 0.6 is 0 Å². The Kier molecular flexibility index (Phi) is 4.78. The molecule has 1 aliphatic rings. The largest absolute Gasteiger partial charge is 0.497 e. The van der Waals surface area contributed by atoms with Crippen molar-refractivity contribution in [2.24, 2.45) is 11.8 Å². The Hall–Kier alpha value is -1.27. The molecule has 1 heterocycles. The molecule has 6 heteroatoms. The van der Waals surface area contributed by atoms with E-state index in [4.69, 9.17) is 9.47 Å². The van der Waals surface area contributed by atoms with Gasteiger partial charge in [0.2, 0.25) is 10.0 Å². The number of nitrogens with zero attached hydrogens (tertiary/aromatic N) is 1. The maximum absolute atomic E-state index is 12.9. The lowest BCUT2D eigenvalue weighted by Crippen LogP contribution is -2.42. The summed E-state index contributed by atoms with van der Waals surface area (Å²) in [7, 11) is -0.537. The van der Waals surface area contributed by atoms with E-state index >= 15 is 0 Å². The van der Waals surface area contributed by atoms with Gasteiger partial charge in [-0.3, -0.25) is 0 Å². The summed E-state index contributed by atoms with van der Waals surface area (Å²) in [6.07, 6.45) is 1.06. The van der Waals surface area contributed by atoms with Gasteiger partial charge < -0.3 is 9.47 Å². The molecule has 0 spiro atoms. The van der Waals surface area contributed by atoms with Crippen LogP contribution in [0.3, 0.4) is 0 Å².